The molecule has 1 N–H and O–H groups in total. The van der Waals surface area contributed by atoms with Gasteiger partial charge in [-0.2, -0.15) is 0 Å². The van der Waals surface area contributed by atoms with Crippen LogP contribution in [-0.2, 0) is 27.5 Å². The molecule has 0 bridgehead atoms. The first-order chi connectivity index (χ1) is 16.6. The quantitative estimate of drug-likeness (QED) is 0.614. The molecule has 2 amide bonds. The second kappa shape index (κ2) is 12.1. The van der Waals surface area contributed by atoms with E-state index in [1.54, 1.807) is 12.1 Å². The van der Waals surface area contributed by atoms with Crippen molar-refractivity contribution in [1.29, 1.82) is 0 Å². The van der Waals surface area contributed by atoms with Crippen LogP contribution in [0.4, 0.5) is 4.39 Å². The molecule has 2 fully saturated rings. The Morgan fingerprint density at radius 3 is 2.29 bits per heavy atom. The maximum atomic E-state index is 13.2. The number of amides is 2. The van der Waals surface area contributed by atoms with Gasteiger partial charge in [-0.05, 0) is 42.0 Å². The summed E-state index contributed by atoms with van der Waals surface area (Å²) in [5.74, 6) is 0.0809. The van der Waals surface area contributed by atoms with E-state index >= 15 is 0 Å². The summed E-state index contributed by atoms with van der Waals surface area (Å²) in [5.41, 5.74) is 1.93. The fourth-order valence-electron chi connectivity index (χ4n) is 5.02. The van der Waals surface area contributed by atoms with E-state index in [1.807, 2.05) is 35.2 Å². The summed E-state index contributed by atoms with van der Waals surface area (Å²) in [5, 5.41) is 3.07. The van der Waals surface area contributed by atoms with Crippen LogP contribution < -0.4 is 5.32 Å². The van der Waals surface area contributed by atoms with E-state index < -0.39 is 0 Å². The molecule has 0 spiro atoms. The minimum atomic E-state index is -0.281. The first-order valence-corrected chi connectivity index (χ1v) is 12.3. The highest BCUT2D eigenvalue weighted by Gasteiger charge is 2.37. The molecule has 1 heterocycles. The van der Waals surface area contributed by atoms with Gasteiger partial charge in [0.25, 0.3) is 0 Å². The number of ether oxygens (including phenoxy) is 1. The molecule has 0 aromatic heterocycles. The Morgan fingerprint density at radius 2 is 1.62 bits per heavy atom. The van der Waals surface area contributed by atoms with Crippen molar-refractivity contribution in [3.8, 4) is 0 Å². The largest absolute Gasteiger partial charge is 0.367 e. The van der Waals surface area contributed by atoms with Crippen molar-refractivity contribution in [2.45, 2.75) is 44.9 Å². The minimum Gasteiger partial charge on any atom is -0.367 e. The van der Waals surface area contributed by atoms with Crippen LogP contribution in [-0.4, -0.2) is 60.4 Å². The molecular weight excluding hydrogens is 433 g/mol. The minimum absolute atomic E-state index is 0.00578. The van der Waals surface area contributed by atoms with Gasteiger partial charge in [0.2, 0.25) is 11.8 Å². The van der Waals surface area contributed by atoms with E-state index in [9.17, 15) is 14.0 Å². The molecule has 182 valence electrons. The lowest BCUT2D eigenvalue weighted by Crippen LogP contribution is -2.58. The Hall–Kier alpha value is -2.77. The van der Waals surface area contributed by atoms with Crippen molar-refractivity contribution in [2.75, 3.05) is 32.8 Å². The molecule has 1 aliphatic heterocycles. The van der Waals surface area contributed by atoms with Gasteiger partial charge in [-0.15, -0.1) is 0 Å². The third-order valence-electron chi connectivity index (χ3n) is 6.89. The first kappa shape index (κ1) is 24.4. The Bertz CT molecular complexity index is 924. The summed E-state index contributed by atoms with van der Waals surface area (Å²) in [4.78, 5) is 29.9. The van der Waals surface area contributed by atoms with Crippen molar-refractivity contribution in [1.82, 2.24) is 15.1 Å². The standard InChI is InChI=1S/C27H34FN3O3/c28-24-12-10-21(11-13-24)18-29-27(33)26(23-8-4-5-9-23)31-16-14-30(15-17-31)25(32)20-34-19-22-6-2-1-3-7-22/h1-3,6-7,10-13,23,26H,4-5,8-9,14-20H2,(H,29,33). The fourth-order valence-corrected chi connectivity index (χ4v) is 5.02. The fraction of sp³-hybridized carbons (Fsp3) is 0.481. The molecule has 1 saturated heterocycles. The average Bonchev–Trinajstić information content (AvgIpc) is 3.39. The van der Waals surface area contributed by atoms with E-state index in [0.717, 1.165) is 36.8 Å². The summed E-state index contributed by atoms with van der Waals surface area (Å²) >= 11 is 0. The number of piperazine rings is 1. The third-order valence-corrected chi connectivity index (χ3v) is 6.89. The lowest BCUT2D eigenvalue weighted by Gasteiger charge is -2.40. The Balaban J connectivity index is 1.27. The number of rotatable bonds is 9. The summed E-state index contributed by atoms with van der Waals surface area (Å²) in [6.07, 6.45) is 4.43. The number of nitrogens with one attached hydrogen (secondary N) is 1. The molecule has 4 rings (SSSR count). The van der Waals surface area contributed by atoms with Crippen molar-refractivity contribution >= 4 is 11.8 Å². The Morgan fingerprint density at radius 1 is 0.941 bits per heavy atom. The summed E-state index contributed by atoms with van der Waals surface area (Å²) < 4.78 is 18.8. The zero-order chi connectivity index (χ0) is 23.8. The number of halogens is 1. The molecule has 34 heavy (non-hydrogen) atoms. The molecule has 2 aromatic rings. The topological polar surface area (TPSA) is 61.9 Å². The smallest absolute Gasteiger partial charge is 0.248 e. The maximum Gasteiger partial charge on any atom is 0.248 e. The van der Waals surface area contributed by atoms with Crippen molar-refractivity contribution in [2.24, 2.45) is 5.92 Å². The lowest BCUT2D eigenvalue weighted by molar-refractivity contribution is -0.139. The highest BCUT2D eigenvalue weighted by molar-refractivity contribution is 5.82. The SMILES string of the molecule is O=C(NCc1ccc(F)cc1)C(C1CCCC1)N1CCN(C(=O)COCc2ccccc2)CC1. The molecule has 6 nitrogen and oxygen atoms in total. The summed E-state index contributed by atoms with van der Waals surface area (Å²) in [6, 6.07) is 15.9. The van der Waals surface area contributed by atoms with Crippen LogP contribution in [0.25, 0.3) is 0 Å². The second-order valence-electron chi connectivity index (χ2n) is 9.23. The van der Waals surface area contributed by atoms with E-state index in [4.69, 9.17) is 4.74 Å². The molecule has 1 atom stereocenters. The number of hydrogen-bond donors (Lipinski definition) is 1. The van der Waals surface area contributed by atoms with Crippen LogP contribution in [0.15, 0.2) is 54.6 Å². The van der Waals surface area contributed by atoms with Gasteiger partial charge in [0.15, 0.2) is 0 Å². The first-order valence-electron chi connectivity index (χ1n) is 12.3. The summed E-state index contributed by atoms with van der Waals surface area (Å²) in [7, 11) is 0. The van der Waals surface area contributed by atoms with Crippen LogP contribution in [0.2, 0.25) is 0 Å². The van der Waals surface area contributed by atoms with Crippen molar-refractivity contribution < 1.29 is 18.7 Å². The van der Waals surface area contributed by atoms with E-state index in [-0.39, 0.29) is 30.3 Å². The van der Waals surface area contributed by atoms with Crippen molar-refractivity contribution in [3.05, 3.63) is 71.5 Å². The molecule has 0 radical (unpaired) electrons. The number of benzene rings is 2. The zero-order valence-electron chi connectivity index (χ0n) is 19.6. The number of hydrogen-bond acceptors (Lipinski definition) is 4. The van der Waals surface area contributed by atoms with Gasteiger partial charge in [0.1, 0.15) is 12.4 Å². The molecule has 2 aromatic carbocycles. The Kier molecular flexibility index (Phi) is 8.66. The maximum absolute atomic E-state index is 13.2. The molecule has 1 aliphatic carbocycles. The van der Waals surface area contributed by atoms with Crippen LogP contribution in [0.5, 0.6) is 0 Å². The zero-order valence-corrected chi connectivity index (χ0v) is 19.6. The van der Waals surface area contributed by atoms with E-state index in [2.05, 4.69) is 10.2 Å². The number of carbonyl (C=O) groups is 2. The molecule has 1 unspecified atom stereocenters. The van der Waals surface area contributed by atoms with Crippen molar-refractivity contribution in [3.63, 3.8) is 0 Å². The summed E-state index contributed by atoms with van der Waals surface area (Å²) in [6.45, 7) is 3.43. The van der Waals surface area contributed by atoms with E-state index in [0.29, 0.717) is 45.2 Å². The molecule has 1 saturated carbocycles. The Labute approximate surface area is 201 Å². The highest BCUT2D eigenvalue weighted by Crippen LogP contribution is 2.31. The van der Waals surface area contributed by atoms with Gasteiger partial charge in [-0.1, -0.05) is 55.3 Å². The van der Waals surface area contributed by atoms with E-state index in [1.165, 1.54) is 12.1 Å². The van der Waals surface area contributed by atoms with Gasteiger partial charge in [0.05, 0.1) is 12.6 Å². The second-order valence-corrected chi connectivity index (χ2v) is 9.23. The van der Waals surface area contributed by atoms with Gasteiger partial charge in [0, 0.05) is 32.7 Å². The van der Waals surface area contributed by atoms with Crippen LogP contribution in [0.3, 0.4) is 0 Å². The monoisotopic (exact) mass is 467 g/mol. The lowest BCUT2D eigenvalue weighted by atomic mass is 9.95. The average molecular weight is 468 g/mol. The van der Waals surface area contributed by atoms with Crippen LogP contribution >= 0.6 is 0 Å². The van der Waals surface area contributed by atoms with Gasteiger partial charge in [-0.25, -0.2) is 4.39 Å². The number of carbonyl (C=O) groups excluding carboxylic acids is 2. The number of nitrogens with zero attached hydrogens (tertiary/aromatic N) is 2. The predicted octanol–water partition coefficient (Wildman–Crippen LogP) is 3.36. The third kappa shape index (κ3) is 6.64. The predicted molar refractivity (Wildman–Crippen MR) is 128 cm³/mol. The molecule has 2 aliphatic rings. The van der Waals surface area contributed by atoms with Crippen LogP contribution in [0, 0.1) is 11.7 Å². The van der Waals surface area contributed by atoms with Gasteiger partial charge < -0.3 is 15.0 Å². The van der Waals surface area contributed by atoms with Gasteiger partial charge in [-0.3, -0.25) is 14.5 Å². The molecular formula is C27H34FN3O3. The molecule has 7 heteroatoms. The van der Waals surface area contributed by atoms with Crippen LogP contribution in [0.1, 0.15) is 36.8 Å². The van der Waals surface area contributed by atoms with Gasteiger partial charge >= 0.3 is 0 Å². The normalized spacial score (nSPS) is 18.1. The highest BCUT2D eigenvalue weighted by atomic mass is 19.1.